The Morgan fingerprint density at radius 3 is 2.66 bits per heavy atom. The highest BCUT2D eigenvalue weighted by Gasteiger charge is 2.31. The van der Waals surface area contributed by atoms with Gasteiger partial charge in [-0.1, -0.05) is 11.6 Å². The van der Waals surface area contributed by atoms with E-state index in [4.69, 9.17) is 16.3 Å². The Kier molecular flexibility index (Phi) is 5.62. The van der Waals surface area contributed by atoms with E-state index in [2.05, 4.69) is 20.3 Å². The Hall–Kier alpha value is -3.79. The van der Waals surface area contributed by atoms with Gasteiger partial charge in [-0.15, -0.1) is 0 Å². The molecule has 0 unspecified atom stereocenters. The van der Waals surface area contributed by atoms with Crippen LogP contribution in [0.5, 0.6) is 11.5 Å². The lowest BCUT2D eigenvalue weighted by atomic mass is 10.2. The summed E-state index contributed by atoms with van der Waals surface area (Å²) >= 11 is 6.03. The normalized spacial score (nSPS) is 11.4. The molecule has 2 heterocycles. The van der Waals surface area contributed by atoms with Crippen LogP contribution in [-0.2, 0) is 11.0 Å². The average Bonchev–Trinajstić information content (AvgIpc) is 3.15. The van der Waals surface area contributed by atoms with Crippen molar-refractivity contribution in [3.63, 3.8) is 0 Å². The highest BCUT2D eigenvalue weighted by molar-refractivity contribution is 6.33. The molecule has 11 heteroatoms. The Morgan fingerprint density at radius 2 is 1.91 bits per heavy atom. The SMILES string of the molecule is CN(C=O)c1cc(Oc2ccc3[nH]c(Nc4cc(C(F)(F)F)ccc4Cl)nc3c2)ccn1. The lowest BCUT2D eigenvalue weighted by Crippen LogP contribution is -2.14. The molecule has 0 aliphatic rings. The molecule has 2 aromatic heterocycles. The zero-order chi connectivity index (χ0) is 22.9. The van der Waals surface area contributed by atoms with Crippen LogP contribution in [-0.4, -0.2) is 28.4 Å². The number of imidazole rings is 1. The third kappa shape index (κ3) is 4.59. The third-order valence-corrected chi connectivity index (χ3v) is 4.80. The molecule has 32 heavy (non-hydrogen) atoms. The lowest BCUT2D eigenvalue weighted by Gasteiger charge is -2.11. The molecule has 164 valence electrons. The first-order valence-corrected chi connectivity index (χ1v) is 9.56. The summed E-state index contributed by atoms with van der Waals surface area (Å²) in [5, 5.41) is 2.90. The van der Waals surface area contributed by atoms with E-state index in [1.165, 1.54) is 17.2 Å². The van der Waals surface area contributed by atoms with Crippen molar-refractivity contribution in [2.24, 2.45) is 0 Å². The molecule has 0 fully saturated rings. The smallest absolute Gasteiger partial charge is 0.416 e. The predicted molar refractivity (Wildman–Crippen MR) is 115 cm³/mol. The van der Waals surface area contributed by atoms with Crippen molar-refractivity contribution in [2.45, 2.75) is 6.18 Å². The molecule has 4 rings (SSSR count). The van der Waals surface area contributed by atoms with Crippen molar-refractivity contribution in [1.82, 2.24) is 15.0 Å². The Balaban J connectivity index is 1.57. The molecule has 4 aromatic rings. The van der Waals surface area contributed by atoms with Gasteiger partial charge >= 0.3 is 6.18 Å². The number of nitrogens with one attached hydrogen (secondary N) is 2. The van der Waals surface area contributed by atoms with Crippen molar-refractivity contribution >= 4 is 46.5 Å². The minimum atomic E-state index is -4.49. The van der Waals surface area contributed by atoms with Crippen LogP contribution in [0.2, 0.25) is 5.02 Å². The number of amides is 1. The minimum Gasteiger partial charge on any atom is -0.457 e. The molecule has 2 aromatic carbocycles. The molecule has 2 N–H and O–H groups in total. The van der Waals surface area contributed by atoms with E-state index in [0.29, 0.717) is 34.8 Å². The number of benzene rings is 2. The van der Waals surface area contributed by atoms with Gasteiger partial charge in [0.15, 0.2) is 0 Å². The number of halogens is 4. The molecule has 0 radical (unpaired) electrons. The van der Waals surface area contributed by atoms with Crippen molar-refractivity contribution in [3.8, 4) is 11.5 Å². The summed E-state index contributed by atoms with van der Waals surface area (Å²) in [5.74, 6) is 1.58. The summed E-state index contributed by atoms with van der Waals surface area (Å²) in [6, 6.07) is 11.3. The van der Waals surface area contributed by atoms with Crippen LogP contribution in [0.4, 0.5) is 30.6 Å². The number of fused-ring (bicyclic) bond motifs is 1. The first-order valence-electron chi connectivity index (χ1n) is 9.18. The van der Waals surface area contributed by atoms with E-state index >= 15 is 0 Å². The number of hydrogen-bond acceptors (Lipinski definition) is 5. The molecule has 7 nitrogen and oxygen atoms in total. The number of aromatic amines is 1. The highest BCUT2D eigenvalue weighted by atomic mass is 35.5. The highest BCUT2D eigenvalue weighted by Crippen LogP contribution is 2.35. The van der Waals surface area contributed by atoms with Gasteiger partial charge in [0.1, 0.15) is 17.3 Å². The maximum Gasteiger partial charge on any atom is 0.416 e. The summed E-state index contributed by atoms with van der Waals surface area (Å²) in [7, 11) is 1.57. The van der Waals surface area contributed by atoms with Crippen molar-refractivity contribution in [2.75, 3.05) is 17.3 Å². The first-order chi connectivity index (χ1) is 15.2. The monoisotopic (exact) mass is 461 g/mol. The van der Waals surface area contributed by atoms with Crippen LogP contribution in [0, 0.1) is 0 Å². The van der Waals surface area contributed by atoms with Crippen LogP contribution >= 0.6 is 11.6 Å². The minimum absolute atomic E-state index is 0.0700. The molecular weight excluding hydrogens is 447 g/mol. The van der Waals surface area contributed by atoms with Crippen molar-refractivity contribution in [3.05, 3.63) is 65.3 Å². The van der Waals surface area contributed by atoms with Crippen molar-refractivity contribution < 1.29 is 22.7 Å². The van der Waals surface area contributed by atoms with Gasteiger partial charge in [-0.2, -0.15) is 13.2 Å². The summed E-state index contributed by atoms with van der Waals surface area (Å²) in [4.78, 5) is 23.6. The molecular formula is C21H15ClF3N5O2. The molecule has 0 atom stereocenters. The number of anilines is 3. The Bertz CT molecular complexity index is 1290. The molecule has 1 amide bonds. The maximum atomic E-state index is 13.0. The number of rotatable bonds is 6. The average molecular weight is 462 g/mol. The second-order valence-corrected chi connectivity index (χ2v) is 7.16. The van der Waals surface area contributed by atoms with E-state index < -0.39 is 11.7 Å². The number of alkyl halides is 3. The van der Waals surface area contributed by atoms with Crippen LogP contribution in [0.3, 0.4) is 0 Å². The van der Waals surface area contributed by atoms with Gasteiger partial charge < -0.3 is 19.9 Å². The fraction of sp³-hybridized carbons (Fsp3) is 0.0952. The Morgan fingerprint density at radius 1 is 1.12 bits per heavy atom. The van der Waals surface area contributed by atoms with Gasteiger partial charge in [-0.05, 0) is 36.4 Å². The van der Waals surface area contributed by atoms with Crippen LogP contribution < -0.4 is 15.0 Å². The predicted octanol–water partition coefficient (Wildman–Crippen LogP) is 5.76. The number of nitrogens with zero attached hydrogens (tertiary/aromatic N) is 3. The van der Waals surface area contributed by atoms with Crippen LogP contribution in [0.15, 0.2) is 54.7 Å². The summed E-state index contributed by atoms with van der Waals surface area (Å²) in [6.07, 6.45) is -2.35. The molecule has 0 spiro atoms. The number of pyridine rings is 1. The molecule has 0 bridgehead atoms. The molecule has 0 aliphatic carbocycles. The fourth-order valence-corrected chi connectivity index (χ4v) is 3.04. The number of carbonyl (C=O) groups is 1. The van der Waals surface area contributed by atoms with Gasteiger partial charge in [0.2, 0.25) is 12.4 Å². The lowest BCUT2D eigenvalue weighted by molar-refractivity contribution is -0.137. The summed E-state index contributed by atoms with van der Waals surface area (Å²) < 4.78 is 44.8. The number of H-pyrrole nitrogens is 1. The van der Waals surface area contributed by atoms with Crippen LogP contribution in [0.1, 0.15) is 5.56 Å². The van der Waals surface area contributed by atoms with E-state index in [1.54, 1.807) is 37.4 Å². The molecule has 0 aliphatic heterocycles. The Labute approximate surface area is 184 Å². The van der Waals surface area contributed by atoms with Crippen molar-refractivity contribution in [1.29, 1.82) is 0 Å². The van der Waals surface area contributed by atoms with Crippen LogP contribution in [0.25, 0.3) is 11.0 Å². The number of carbonyl (C=O) groups excluding carboxylic acids is 1. The second kappa shape index (κ2) is 8.39. The zero-order valence-corrected chi connectivity index (χ0v) is 17.2. The summed E-state index contributed by atoms with van der Waals surface area (Å²) in [5.41, 5.74) is 0.403. The second-order valence-electron chi connectivity index (χ2n) is 6.75. The summed E-state index contributed by atoms with van der Waals surface area (Å²) in [6.45, 7) is 0. The maximum absolute atomic E-state index is 13.0. The third-order valence-electron chi connectivity index (χ3n) is 4.47. The quantitative estimate of drug-likeness (QED) is 0.357. The largest absolute Gasteiger partial charge is 0.457 e. The number of hydrogen-bond donors (Lipinski definition) is 2. The number of aromatic nitrogens is 3. The standard InChI is InChI=1S/C21H15ClF3N5O2/c1-30(11-31)19-10-14(6-7-26-19)32-13-3-5-16-18(9-13)29-20(27-16)28-17-8-12(21(23,24)25)2-4-15(17)22/h2-11H,1H3,(H2,27,28,29). The first kappa shape index (κ1) is 21.4. The van der Waals surface area contributed by atoms with E-state index in [9.17, 15) is 18.0 Å². The van der Waals surface area contributed by atoms with Gasteiger partial charge in [-0.3, -0.25) is 4.79 Å². The van der Waals surface area contributed by atoms with Gasteiger partial charge in [-0.25, -0.2) is 9.97 Å². The fourth-order valence-electron chi connectivity index (χ4n) is 2.88. The van der Waals surface area contributed by atoms with E-state index in [-0.39, 0.29) is 16.7 Å². The zero-order valence-electron chi connectivity index (χ0n) is 16.4. The van der Waals surface area contributed by atoms with Gasteiger partial charge in [0.25, 0.3) is 0 Å². The molecule has 0 saturated heterocycles. The van der Waals surface area contributed by atoms with Gasteiger partial charge in [0.05, 0.1) is 27.3 Å². The van der Waals surface area contributed by atoms with E-state index in [1.807, 2.05) is 0 Å². The van der Waals surface area contributed by atoms with Gasteiger partial charge in [0, 0.05) is 25.4 Å². The topological polar surface area (TPSA) is 83.1 Å². The van der Waals surface area contributed by atoms with E-state index in [0.717, 1.165) is 12.1 Å². The molecule has 0 saturated carbocycles. The number of ether oxygens (including phenoxy) is 1.